The highest BCUT2D eigenvalue weighted by molar-refractivity contribution is 5.73. The van der Waals surface area contributed by atoms with E-state index in [4.69, 9.17) is 9.84 Å². The van der Waals surface area contributed by atoms with Crippen molar-refractivity contribution in [2.24, 2.45) is 5.92 Å². The van der Waals surface area contributed by atoms with Gasteiger partial charge in [-0.1, -0.05) is 19.1 Å². The predicted molar refractivity (Wildman–Crippen MR) is 66.5 cm³/mol. The van der Waals surface area contributed by atoms with Gasteiger partial charge in [-0.05, 0) is 18.8 Å². The Bertz CT molecular complexity index is 363. The van der Waals surface area contributed by atoms with Crippen LogP contribution in [0.2, 0.25) is 0 Å². The Morgan fingerprint density at radius 1 is 1.44 bits per heavy atom. The van der Waals surface area contributed by atoms with Crippen LogP contribution in [0, 0.1) is 5.92 Å². The number of carbonyl (C=O) groups is 1. The van der Waals surface area contributed by atoms with E-state index in [0.717, 1.165) is 24.8 Å². The Balaban J connectivity index is 2.59. The predicted octanol–water partition coefficient (Wildman–Crippen LogP) is 0.688. The molecule has 0 aliphatic heterocycles. The van der Waals surface area contributed by atoms with Crippen LogP contribution in [-0.2, 0) is 17.7 Å². The van der Waals surface area contributed by atoms with E-state index in [1.54, 1.807) is 4.68 Å². The average Bonchev–Trinajstić information content (AvgIpc) is 2.74. The summed E-state index contributed by atoms with van der Waals surface area (Å²) in [5.74, 6) is 0.568. The second-order valence-corrected chi connectivity index (χ2v) is 4.53. The number of nitrogens with zero attached hydrogens (tertiary/aromatic N) is 3. The number of ether oxygens (including phenoxy) is 1. The lowest BCUT2D eigenvalue weighted by Crippen LogP contribution is -2.13. The Morgan fingerprint density at radius 2 is 2.22 bits per heavy atom. The highest BCUT2D eigenvalue weighted by Gasteiger charge is 2.12. The molecule has 1 aromatic rings. The molecule has 6 nitrogen and oxygen atoms in total. The van der Waals surface area contributed by atoms with Gasteiger partial charge >= 0.3 is 0 Å². The third-order valence-corrected chi connectivity index (χ3v) is 2.62. The zero-order chi connectivity index (χ0) is 13.4. The lowest BCUT2D eigenvalue weighted by molar-refractivity contribution is 0.0846. The minimum absolute atomic E-state index is 0.0111. The fourth-order valence-electron chi connectivity index (χ4n) is 1.62. The fourth-order valence-corrected chi connectivity index (χ4v) is 1.62. The number of rotatable bonds is 9. The second kappa shape index (κ2) is 7.94. The lowest BCUT2D eigenvalue weighted by atomic mass is 10.1. The van der Waals surface area contributed by atoms with Crippen LogP contribution < -0.4 is 0 Å². The summed E-state index contributed by atoms with van der Waals surface area (Å²) in [5, 5.41) is 16.4. The van der Waals surface area contributed by atoms with Crippen molar-refractivity contribution in [2.75, 3.05) is 19.8 Å². The summed E-state index contributed by atoms with van der Waals surface area (Å²) in [7, 11) is 0. The van der Waals surface area contributed by atoms with Gasteiger partial charge in [0.2, 0.25) is 0 Å². The number of carbonyl (C=O) groups excluding carboxylic acids is 1. The summed E-state index contributed by atoms with van der Waals surface area (Å²) in [6.45, 7) is 5.61. The molecule has 0 spiro atoms. The first-order valence-corrected chi connectivity index (χ1v) is 6.25. The molecule has 0 aromatic carbocycles. The maximum atomic E-state index is 10.9. The van der Waals surface area contributed by atoms with Crippen LogP contribution in [0.1, 0.15) is 36.5 Å². The van der Waals surface area contributed by atoms with Crippen molar-refractivity contribution in [1.29, 1.82) is 0 Å². The molecule has 0 atom stereocenters. The van der Waals surface area contributed by atoms with Crippen molar-refractivity contribution in [3.05, 3.63) is 11.4 Å². The first kappa shape index (κ1) is 14.8. The molecule has 0 unspecified atom stereocenters. The van der Waals surface area contributed by atoms with Gasteiger partial charge < -0.3 is 9.84 Å². The van der Waals surface area contributed by atoms with Crippen molar-refractivity contribution in [3.63, 3.8) is 0 Å². The summed E-state index contributed by atoms with van der Waals surface area (Å²) in [5.41, 5.74) is 1.28. The van der Waals surface area contributed by atoms with Crippen LogP contribution in [0.5, 0.6) is 0 Å². The molecule has 0 saturated heterocycles. The minimum Gasteiger partial charge on any atom is -0.394 e. The summed E-state index contributed by atoms with van der Waals surface area (Å²) in [6, 6.07) is 0. The quantitative estimate of drug-likeness (QED) is 0.519. The van der Waals surface area contributed by atoms with Crippen LogP contribution >= 0.6 is 0 Å². The Kier molecular flexibility index (Phi) is 6.53. The average molecular weight is 255 g/mol. The van der Waals surface area contributed by atoms with Crippen LogP contribution in [0.15, 0.2) is 0 Å². The van der Waals surface area contributed by atoms with Crippen molar-refractivity contribution in [3.8, 4) is 0 Å². The van der Waals surface area contributed by atoms with Gasteiger partial charge in [0.15, 0.2) is 6.29 Å². The maximum Gasteiger partial charge on any atom is 0.172 e. The normalized spacial score (nSPS) is 11.1. The van der Waals surface area contributed by atoms with E-state index in [-0.39, 0.29) is 6.61 Å². The van der Waals surface area contributed by atoms with E-state index in [0.29, 0.717) is 31.4 Å². The first-order chi connectivity index (χ1) is 8.69. The third-order valence-electron chi connectivity index (χ3n) is 2.62. The van der Waals surface area contributed by atoms with Gasteiger partial charge in [-0.25, -0.2) is 4.68 Å². The Labute approximate surface area is 107 Å². The maximum absolute atomic E-state index is 10.9. The third kappa shape index (κ3) is 4.54. The van der Waals surface area contributed by atoms with E-state index in [1.165, 1.54) is 0 Å². The molecule has 0 saturated carbocycles. The van der Waals surface area contributed by atoms with Gasteiger partial charge in [0.1, 0.15) is 5.69 Å². The molecule has 0 amide bonds. The van der Waals surface area contributed by atoms with Crippen molar-refractivity contribution >= 4 is 6.29 Å². The zero-order valence-electron chi connectivity index (χ0n) is 11.0. The molecule has 0 fully saturated rings. The Hall–Kier alpha value is -1.27. The summed E-state index contributed by atoms with van der Waals surface area (Å²) in [6.07, 6.45) is 2.53. The number of aldehydes is 1. The van der Waals surface area contributed by atoms with Gasteiger partial charge in [-0.2, -0.15) is 0 Å². The molecular weight excluding hydrogens is 234 g/mol. The molecule has 1 rings (SSSR count). The number of aliphatic hydroxyl groups is 1. The van der Waals surface area contributed by atoms with E-state index >= 15 is 0 Å². The molecule has 1 heterocycles. The monoisotopic (exact) mass is 255 g/mol. The zero-order valence-corrected chi connectivity index (χ0v) is 11.0. The molecule has 0 aliphatic rings. The number of aliphatic hydroxyl groups excluding tert-OH is 1. The molecule has 0 aliphatic carbocycles. The van der Waals surface area contributed by atoms with Gasteiger partial charge in [0, 0.05) is 0 Å². The van der Waals surface area contributed by atoms with Gasteiger partial charge in [0.25, 0.3) is 0 Å². The van der Waals surface area contributed by atoms with Gasteiger partial charge in [-0.15, -0.1) is 5.10 Å². The van der Waals surface area contributed by atoms with Crippen molar-refractivity contribution in [2.45, 2.75) is 33.2 Å². The number of hydrogen-bond acceptors (Lipinski definition) is 5. The molecular formula is C12H21N3O3. The Morgan fingerprint density at radius 3 is 2.83 bits per heavy atom. The highest BCUT2D eigenvalue weighted by atomic mass is 16.5. The molecule has 6 heteroatoms. The van der Waals surface area contributed by atoms with Crippen LogP contribution in [0.25, 0.3) is 0 Å². The fraction of sp³-hybridized carbons (Fsp3) is 0.750. The minimum atomic E-state index is 0.0111. The lowest BCUT2D eigenvalue weighted by Gasteiger charge is -2.08. The summed E-state index contributed by atoms with van der Waals surface area (Å²) >= 11 is 0. The smallest absolute Gasteiger partial charge is 0.172 e. The topological polar surface area (TPSA) is 77.2 Å². The highest BCUT2D eigenvalue weighted by Crippen LogP contribution is 2.11. The molecule has 1 aromatic heterocycles. The first-order valence-electron chi connectivity index (χ1n) is 6.25. The van der Waals surface area contributed by atoms with Crippen LogP contribution in [-0.4, -0.2) is 46.2 Å². The van der Waals surface area contributed by atoms with E-state index in [1.807, 2.05) is 0 Å². The molecule has 1 N–H and O–H groups in total. The van der Waals surface area contributed by atoms with Crippen LogP contribution in [0.4, 0.5) is 0 Å². The van der Waals surface area contributed by atoms with Crippen LogP contribution in [0.3, 0.4) is 0 Å². The molecule has 102 valence electrons. The molecule has 18 heavy (non-hydrogen) atoms. The van der Waals surface area contributed by atoms with Crippen molar-refractivity contribution < 1.29 is 14.6 Å². The second-order valence-electron chi connectivity index (χ2n) is 4.53. The molecule has 0 radical (unpaired) electrons. The SMILES string of the molecule is CC(C)CCc1c(C=O)nnn1CCOCCO. The van der Waals surface area contributed by atoms with Gasteiger partial charge in [0.05, 0.1) is 32.1 Å². The number of aromatic nitrogens is 3. The van der Waals surface area contributed by atoms with Crippen molar-refractivity contribution in [1.82, 2.24) is 15.0 Å². The van der Waals surface area contributed by atoms with E-state index < -0.39 is 0 Å². The molecule has 0 bridgehead atoms. The van der Waals surface area contributed by atoms with E-state index in [2.05, 4.69) is 24.2 Å². The summed E-state index contributed by atoms with van der Waals surface area (Å²) in [4.78, 5) is 10.9. The van der Waals surface area contributed by atoms with Gasteiger partial charge in [-0.3, -0.25) is 4.79 Å². The van der Waals surface area contributed by atoms with E-state index in [9.17, 15) is 4.79 Å². The summed E-state index contributed by atoms with van der Waals surface area (Å²) < 4.78 is 6.90. The standard InChI is InChI=1S/C12H21N3O3/c1-10(2)3-4-12-11(9-17)13-14-15(12)5-7-18-8-6-16/h9-10,16H,3-8H2,1-2H3. The largest absolute Gasteiger partial charge is 0.394 e. The number of hydrogen-bond donors (Lipinski definition) is 1.